The standard InChI is InChI=1S/C12H17N3O4/c1-12(2,13)7-14-11(16)9-6-8(15(17)18)4-5-10(9)19-3/h4-6H,7,13H2,1-3H3,(H,14,16). The largest absolute Gasteiger partial charge is 0.496 e. The molecule has 0 saturated carbocycles. The number of carbonyl (C=O) groups excluding carboxylic acids is 1. The number of hydrogen-bond donors (Lipinski definition) is 2. The molecule has 1 aromatic carbocycles. The summed E-state index contributed by atoms with van der Waals surface area (Å²) in [5.41, 5.74) is 5.13. The first-order chi connectivity index (χ1) is 8.74. The third-order valence-corrected chi connectivity index (χ3v) is 2.34. The van der Waals surface area contributed by atoms with Gasteiger partial charge in [0.05, 0.1) is 17.6 Å². The topological polar surface area (TPSA) is 107 Å². The van der Waals surface area contributed by atoms with Gasteiger partial charge in [-0.2, -0.15) is 0 Å². The number of rotatable bonds is 5. The van der Waals surface area contributed by atoms with Crippen LogP contribution in [-0.4, -0.2) is 30.0 Å². The average molecular weight is 267 g/mol. The molecule has 0 spiro atoms. The fourth-order valence-corrected chi connectivity index (χ4v) is 1.39. The summed E-state index contributed by atoms with van der Waals surface area (Å²) in [6, 6.07) is 3.85. The number of carbonyl (C=O) groups is 1. The summed E-state index contributed by atoms with van der Waals surface area (Å²) < 4.78 is 5.02. The van der Waals surface area contributed by atoms with Crippen molar-refractivity contribution < 1.29 is 14.5 Å². The van der Waals surface area contributed by atoms with E-state index in [-0.39, 0.29) is 23.5 Å². The summed E-state index contributed by atoms with van der Waals surface area (Å²) in [7, 11) is 1.39. The molecule has 1 amide bonds. The van der Waals surface area contributed by atoms with Gasteiger partial charge in [0.15, 0.2) is 0 Å². The van der Waals surface area contributed by atoms with E-state index in [1.165, 1.54) is 25.3 Å². The van der Waals surface area contributed by atoms with Gasteiger partial charge >= 0.3 is 0 Å². The lowest BCUT2D eigenvalue weighted by Crippen LogP contribution is -2.45. The number of nitro groups is 1. The van der Waals surface area contributed by atoms with Gasteiger partial charge in [-0.15, -0.1) is 0 Å². The number of hydrogen-bond acceptors (Lipinski definition) is 5. The van der Waals surface area contributed by atoms with Crippen molar-refractivity contribution >= 4 is 11.6 Å². The van der Waals surface area contributed by atoms with Gasteiger partial charge in [-0.05, 0) is 19.9 Å². The number of nitro benzene ring substituents is 1. The number of non-ortho nitro benzene ring substituents is 1. The molecule has 0 aromatic heterocycles. The van der Waals surface area contributed by atoms with E-state index in [2.05, 4.69) is 5.32 Å². The zero-order valence-electron chi connectivity index (χ0n) is 11.1. The highest BCUT2D eigenvalue weighted by Gasteiger charge is 2.19. The quantitative estimate of drug-likeness (QED) is 0.613. The third kappa shape index (κ3) is 4.22. The van der Waals surface area contributed by atoms with Crippen LogP contribution in [0.4, 0.5) is 5.69 Å². The highest BCUT2D eigenvalue weighted by Crippen LogP contribution is 2.23. The van der Waals surface area contributed by atoms with Crippen molar-refractivity contribution in [1.82, 2.24) is 5.32 Å². The molecule has 0 unspecified atom stereocenters. The zero-order valence-corrected chi connectivity index (χ0v) is 11.1. The van der Waals surface area contributed by atoms with Crippen molar-refractivity contribution in [3.63, 3.8) is 0 Å². The van der Waals surface area contributed by atoms with Crippen LogP contribution in [0.3, 0.4) is 0 Å². The Balaban J connectivity index is 2.99. The second-order valence-corrected chi connectivity index (χ2v) is 4.81. The van der Waals surface area contributed by atoms with Gasteiger partial charge in [-0.1, -0.05) is 0 Å². The molecule has 1 rings (SSSR count). The number of ether oxygens (including phenoxy) is 1. The Morgan fingerprint density at radius 1 is 1.53 bits per heavy atom. The Hall–Kier alpha value is -2.15. The number of nitrogens with zero attached hydrogens (tertiary/aromatic N) is 1. The minimum Gasteiger partial charge on any atom is -0.496 e. The smallest absolute Gasteiger partial charge is 0.270 e. The zero-order chi connectivity index (χ0) is 14.6. The van der Waals surface area contributed by atoms with Gasteiger partial charge in [0.1, 0.15) is 5.75 Å². The molecule has 0 aliphatic carbocycles. The van der Waals surface area contributed by atoms with Crippen LogP contribution < -0.4 is 15.8 Å². The van der Waals surface area contributed by atoms with Crippen LogP contribution in [0.1, 0.15) is 24.2 Å². The van der Waals surface area contributed by atoms with Crippen LogP contribution in [0.25, 0.3) is 0 Å². The minimum absolute atomic E-state index is 0.112. The van der Waals surface area contributed by atoms with Crippen LogP contribution in [0.2, 0.25) is 0 Å². The van der Waals surface area contributed by atoms with Crippen LogP contribution in [0, 0.1) is 10.1 Å². The van der Waals surface area contributed by atoms with Gasteiger partial charge in [-0.3, -0.25) is 14.9 Å². The highest BCUT2D eigenvalue weighted by molar-refractivity contribution is 5.97. The van der Waals surface area contributed by atoms with Gasteiger partial charge < -0.3 is 15.8 Å². The molecule has 19 heavy (non-hydrogen) atoms. The fourth-order valence-electron chi connectivity index (χ4n) is 1.39. The Morgan fingerprint density at radius 3 is 2.63 bits per heavy atom. The highest BCUT2D eigenvalue weighted by atomic mass is 16.6. The minimum atomic E-state index is -0.566. The molecule has 1 aromatic rings. The van der Waals surface area contributed by atoms with E-state index in [4.69, 9.17) is 10.5 Å². The van der Waals surface area contributed by atoms with E-state index < -0.39 is 16.4 Å². The molecule has 0 atom stereocenters. The maximum absolute atomic E-state index is 12.0. The lowest BCUT2D eigenvalue weighted by atomic mass is 10.1. The summed E-state index contributed by atoms with van der Waals surface area (Å²) >= 11 is 0. The van der Waals surface area contributed by atoms with E-state index in [9.17, 15) is 14.9 Å². The maximum Gasteiger partial charge on any atom is 0.270 e. The molecule has 0 heterocycles. The van der Waals surface area contributed by atoms with Crippen LogP contribution >= 0.6 is 0 Å². The summed E-state index contributed by atoms with van der Waals surface area (Å²) in [5, 5.41) is 13.3. The lowest BCUT2D eigenvalue weighted by molar-refractivity contribution is -0.384. The van der Waals surface area contributed by atoms with Crippen molar-refractivity contribution in [2.75, 3.05) is 13.7 Å². The number of amides is 1. The van der Waals surface area contributed by atoms with Crippen molar-refractivity contribution in [2.45, 2.75) is 19.4 Å². The molecular formula is C12H17N3O4. The Morgan fingerprint density at radius 2 is 2.16 bits per heavy atom. The molecule has 0 fully saturated rings. The molecule has 0 radical (unpaired) electrons. The molecule has 0 saturated heterocycles. The Labute approximate surface area is 110 Å². The first kappa shape index (κ1) is 14.9. The van der Waals surface area contributed by atoms with E-state index in [0.717, 1.165) is 0 Å². The summed E-state index contributed by atoms with van der Waals surface area (Å²) in [6.07, 6.45) is 0. The maximum atomic E-state index is 12.0. The summed E-state index contributed by atoms with van der Waals surface area (Å²) in [5.74, 6) is -0.183. The molecule has 104 valence electrons. The van der Waals surface area contributed by atoms with Crippen LogP contribution in [0.15, 0.2) is 18.2 Å². The van der Waals surface area contributed by atoms with Crippen molar-refractivity contribution in [3.8, 4) is 5.75 Å². The van der Waals surface area contributed by atoms with Crippen LogP contribution in [0.5, 0.6) is 5.75 Å². The molecule has 0 bridgehead atoms. The molecule has 7 nitrogen and oxygen atoms in total. The molecule has 0 aliphatic heterocycles. The molecular weight excluding hydrogens is 250 g/mol. The monoisotopic (exact) mass is 267 g/mol. The van der Waals surface area contributed by atoms with Gasteiger partial charge in [-0.25, -0.2) is 0 Å². The SMILES string of the molecule is COc1ccc([N+](=O)[O-])cc1C(=O)NCC(C)(C)N. The summed E-state index contributed by atoms with van der Waals surface area (Å²) in [6.45, 7) is 3.77. The van der Waals surface area contributed by atoms with Crippen molar-refractivity contribution in [2.24, 2.45) is 5.73 Å². The number of benzene rings is 1. The third-order valence-electron chi connectivity index (χ3n) is 2.34. The first-order valence-electron chi connectivity index (χ1n) is 5.64. The average Bonchev–Trinajstić information content (AvgIpc) is 2.34. The predicted molar refractivity (Wildman–Crippen MR) is 70.2 cm³/mol. The number of methoxy groups -OCH3 is 1. The second kappa shape index (κ2) is 5.66. The first-order valence-corrected chi connectivity index (χ1v) is 5.64. The van der Waals surface area contributed by atoms with Gasteiger partial charge in [0, 0.05) is 24.2 Å². The van der Waals surface area contributed by atoms with E-state index in [1.807, 2.05) is 0 Å². The van der Waals surface area contributed by atoms with E-state index in [0.29, 0.717) is 0 Å². The summed E-state index contributed by atoms with van der Waals surface area (Å²) in [4.78, 5) is 22.1. The Bertz CT molecular complexity index is 494. The predicted octanol–water partition coefficient (Wildman–Crippen LogP) is 1.07. The van der Waals surface area contributed by atoms with Crippen molar-refractivity contribution in [3.05, 3.63) is 33.9 Å². The molecule has 3 N–H and O–H groups in total. The second-order valence-electron chi connectivity index (χ2n) is 4.81. The van der Waals surface area contributed by atoms with Crippen molar-refractivity contribution in [1.29, 1.82) is 0 Å². The van der Waals surface area contributed by atoms with Gasteiger partial charge in [0.2, 0.25) is 0 Å². The fraction of sp³-hybridized carbons (Fsp3) is 0.417. The normalized spacial score (nSPS) is 10.9. The van der Waals surface area contributed by atoms with E-state index >= 15 is 0 Å². The number of nitrogens with two attached hydrogens (primary N) is 1. The van der Waals surface area contributed by atoms with Gasteiger partial charge in [0.25, 0.3) is 11.6 Å². The molecule has 0 aliphatic rings. The van der Waals surface area contributed by atoms with E-state index in [1.54, 1.807) is 13.8 Å². The lowest BCUT2D eigenvalue weighted by Gasteiger charge is -2.19. The number of nitrogens with one attached hydrogen (secondary N) is 1. The van der Waals surface area contributed by atoms with Crippen LogP contribution in [-0.2, 0) is 0 Å². The Kier molecular flexibility index (Phi) is 4.44. The molecule has 7 heteroatoms.